The quantitative estimate of drug-likeness (QED) is 0.440. The van der Waals surface area contributed by atoms with Crippen molar-refractivity contribution < 1.29 is 30.8 Å². The summed E-state index contributed by atoms with van der Waals surface area (Å²) in [6.45, 7) is 9.56. The maximum absolute atomic E-state index is 9.55. The minimum absolute atomic E-state index is 0. The number of aromatic hydroxyl groups is 1. The lowest BCUT2D eigenvalue weighted by atomic mass is 10.1. The average Bonchev–Trinajstić information content (AvgIpc) is 2.40. The highest BCUT2D eigenvalue weighted by Crippen LogP contribution is 2.16. The molecular formula is C12H22NO5P. The summed E-state index contributed by atoms with van der Waals surface area (Å²) in [5.74, 6) is 0.411. The molecule has 1 aromatic rings. The summed E-state index contributed by atoms with van der Waals surface area (Å²) in [5, 5.41) is 18.1. The van der Waals surface area contributed by atoms with E-state index in [4.69, 9.17) is 14.7 Å². The van der Waals surface area contributed by atoms with E-state index in [1.54, 1.807) is 0 Å². The second-order valence-corrected chi connectivity index (χ2v) is 4.65. The Balaban J connectivity index is 0. The SMILES string of the molecule is CC[NH+](CC)Cc1ccc(C)c(O)c1.O=[P+]([O-])O[O-].[HH]. The third kappa shape index (κ3) is 7.87. The van der Waals surface area contributed by atoms with Crippen LogP contribution in [0.5, 0.6) is 5.75 Å². The zero-order valence-electron chi connectivity index (χ0n) is 11.4. The van der Waals surface area contributed by atoms with Crippen LogP contribution in [0.1, 0.15) is 26.4 Å². The van der Waals surface area contributed by atoms with Crippen LogP contribution in [0.15, 0.2) is 18.2 Å². The van der Waals surface area contributed by atoms with Crippen LogP contribution >= 0.6 is 8.25 Å². The molecule has 7 heteroatoms. The van der Waals surface area contributed by atoms with Crippen molar-refractivity contribution in [3.8, 4) is 5.75 Å². The molecule has 6 nitrogen and oxygen atoms in total. The zero-order chi connectivity index (χ0) is 14.8. The second kappa shape index (κ2) is 9.83. The van der Waals surface area contributed by atoms with Gasteiger partial charge < -0.3 is 20.2 Å². The molecule has 0 spiro atoms. The first-order valence-corrected chi connectivity index (χ1v) is 7.10. The van der Waals surface area contributed by atoms with Crippen LogP contribution in [0.25, 0.3) is 0 Å². The lowest BCUT2D eigenvalue weighted by Gasteiger charge is -2.15. The maximum atomic E-state index is 9.55. The van der Waals surface area contributed by atoms with Gasteiger partial charge in [-0.15, -0.1) is 0 Å². The fourth-order valence-electron chi connectivity index (χ4n) is 1.55. The van der Waals surface area contributed by atoms with Crippen molar-refractivity contribution in [1.29, 1.82) is 0 Å². The molecule has 0 saturated carbocycles. The van der Waals surface area contributed by atoms with Crippen LogP contribution in [0.4, 0.5) is 0 Å². The Morgan fingerprint density at radius 1 is 1.42 bits per heavy atom. The highest BCUT2D eigenvalue weighted by Gasteiger charge is 2.05. The van der Waals surface area contributed by atoms with Gasteiger partial charge in [0.15, 0.2) is 0 Å². The molecule has 0 bridgehead atoms. The lowest BCUT2D eigenvalue weighted by molar-refractivity contribution is -0.910. The topological polar surface area (TPSA) is 97.1 Å². The molecule has 0 heterocycles. The summed E-state index contributed by atoms with van der Waals surface area (Å²) < 4.78 is 11.3. The molecule has 0 aromatic heterocycles. The van der Waals surface area contributed by atoms with Gasteiger partial charge >= 0.3 is 8.25 Å². The molecule has 0 fully saturated rings. The molecule has 0 aliphatic heterocycles. The Morgan fingerprint density at radius 2 is 1.95 bits per heavy atom. The van der Waals surface area contributed by atoms with Gasteiger partial charge in [0.05, 0.1) is 13.1 Å². The summed E-state index contributed by atoms with van der Waals surface area (Å²) in [4.78, 5) is 10.4. The summed E-state index contributed by atoms with van der Waals surface area (Å²) >= 11 is 0. The third-order valence-electron chi connectivity index (χ3n) is 2.79. The van der Waals surface area contributed by atoms with Gasteiger partial charge in [-0.3, -0.25) is 0 Å². The van der Waals surface area contributed by atoms with Crippen molar-refractivity contribution in [2.75, 3.05) is 13.1 Å². The molecule has 1 unspecified atom stereocenters. The fourth-order valence-corrected chi connectivity index (χ4v) is 1.55. The number of nitrogens with one attached hydrogen (secondary N) is 1. The number of hydrogen-bond donors (Lipinski definition) is 2. The Kier molecular flexibility index (Phi) is 9.30. The van der Waals surface area contributed by atoms with E-state index in [-0.39, 0.29) is 1.43 Å². The average molecular weight is 291 g/mol. The van der Waals surface area contributed by atoms with E-state index in [0.717, 1.165) is 25.2 Å². The number of rotatable bonds is 5. The highest BCUT2D eigenvalue weighted by molar-refractivity contribution is 7.30. The predicted molar refractivity (Wildman–Crippen MR) is 69.4 cm³/mol. The molecule has 1 atom stereocenters. The summed E-state index contributed by atoms with van der Waals surface area (Å²) in [5.41, 5.74) is 2.16. The molecule has 19 heavy (non-hydrogen) atoms. The normalized spacial score (nSPS) is 10.9. The van der Waals surface area contributed by atoms with Crippen LogP contribution in [-0.2, 0) is 15.8 Å². The minimum atomic E-state index is -3.15. The molecule has 2 N–H and O–H groups in total. The van der Waals surface area contributed by atoms with Crippen LogP contribution in [0, 0.1) is 6.92 Å². The maximum Gasteiger partial charge on any atom is 0.479 e. The first-order chi connectivity index (χ1) is 8.94. The standard InChI is InChI=1S/C12H19NO.HO4P.H2/c1-4-13(5-2)9-11-7-6-10(3)12(14)8-11;1-4-5(2)3;/h6-8,14H,4-5,9H2,1-3H3;1H;1H. The third-order valence-corrected chi connectivity index (χ3v) is 2.91. The molecule has 0 aliphatic carbocycles. The van der Waals surface area contributed by atoms with E-state index in [0.29, 0.717) is 5.75 Å². The van der Waals surface area contributed by atoms with E-state index >= 15 is 0 Å². The molecule has 0 radical (unpaired) electrons. The van der Waals surface area contributed by atoms with E-state index in [1.807, 2.05) is 19.1 Å². The zero-order valence-corrected chi connectivity index (χ0v) is 12.3. The number of phenols is 1. The van der Waals surface area contributed by atoms with E-state index < -0.39 is 8.25 Å². The largest absolute Gasteiger partial charge is 0.674 e. The van der Waals surface area contributed by atoms with Gasteiger partial charge in [-0.1, -0.05) is 12.1 Å². The first kappa shape index (κ1) is 18.0. The number of aryl methyl sites for hydroxylation is 1. The molecule has 0 saturated heterocycles. The second-order valence-electron chi connectivity index (χ2n) is 4.05. The van der Waals surface area contributed by atoms with Crippen LogP contribution in [-0.4, -0.2) is 18.2 Å². The van der Waals surface area contributed by atoms with Crippen molar-refractivity contribution >= 4 is 8.25 Å². The van der Waals surface area contributed by atoms with Gasteiger partial charge in [0.1, 0.15) is 12.3 Å². The van der Waals surface area contributed by atoms with Crippen LogP contribution in [0.2, 0.25) is 0 Å². The van der Waals surface area contributed by atoms with Gasteiger partial charge in [-0.2, -0.15) is 0 Å². The van der Waals surface area contributed by atoms with Gasteiger partial charge in [0, 0.05) is 6.99 Å². The van der Waals surface area contributed by atoms with Crippen molar-refractivity contribution in [3.05, 3.63) is 29.3 Å². The van der Waals surface area contributed by atoms with Crippen molar-refractivity contribution in [1.82, 2.24) is 0 Å². The van der Waals surface area contributed by atoms with Crippen LogP contribution < -0.4 is 15.1 Å². The van der Waals surface area contributed by atoms with Gasteiger partial charge in [-0.25, -0.2) is 4.67 Å². The Labute approximate surface area is 115 Å². The van der Waals surface area contributed by atoms with Gasteiger partial charge in [-0.05, 0) is 37.0 Å². The number of benzene rings is 1. The monoisotopic (exact) mass is 291 g/mol. The molecular weight excluding hydrogens is 269 g/mol. The Bertz CT molecular complexity index is 401. The molecule has 0 amide bonds. The summed E-state index contributed by atoms with van der Waals surface area (Å²) in [6.07, 6.45) is 0. The highest BCUT2D eigenvalue weighted by atomic mass is 31.1. The molecule has 1 rings (SSSR count). The van der Waals surface area contributed by atoms with Gasteiger partial charge in [0.2, 0.25) is 0 Å². The fraction of sp³-hybridized carbons (Fsp3) is 0.500. The van der Waals surface area contributed by atoms with Crippen molar-refractivity contribution in [2.45, 2.75) is 27.3 Å². The summed E-state index contributed by atoms with van der Waals surface area (Å²) in [7, 11) is -3.15. The van der Waals surface area contributed by atoms with Crippen molar-refractivity contribution in [2.24, 2.45) is 0 Å². The van der Waals surface area contributed by atoms with Gasteiger partial charge in [0.25, 0.3) is 0 Å². The molecule has 110 valence electrons. The lowest BCUT2D eigenvalue weighted by Crippen LogP contribution is -3.10. The Hall–Kier alpha value is -1.04. The summed E-state index contributed by atoms with van der Waals surface area (Å²) in [6, 6.07) is 5.95. The first-order valence-electron chi connectivity index (χ1n) is 6.00. The molecule has 0 aliphatic rings. The number of phenolic OH excluding ortho intramolecular Hbond substituents is 1. The number of hydrogen-bond acceptors (Lipinski definition) is 5. The number of quaternary nitrogens is 1. The van der Waals surface area contributed by atoms with Crippen LogP contribution in [0.3, 0.4) is 0 Å². The smallest absolute Gasteiger partial charge is 0.479 e. The van der Waals surface area contributed by atoms with E-state index in [2.05, 4.69) is 24.6 Å². The van der Waals surface area contributed by atoms with Crippen molar-refractivity contribution in [3.63, 3.8) is 0 Å². The Morgan fingerprint density at radius 3 is 2.32 bits per heavy atom. The molecule has 1 aromatic carbocycles. The van der Waals surface area contributed by atoms with E-state index in [1.165, 1.54) is 10.5 Å². The van der Waals surface area contributed by atoms with E-state index in [9.17, 15) is 5.11 Å². The minimum Gasteiger partial charge on any atom is -0.674 e. The predicted octanol–water partition coefficient (Wildman–Crippen LogP) is -0.333.